The average molecular weight is 486 g/mol. The van der Waals surface area contributed by atoms with Crippen molar-refractivity contribution in [1.82, 2.24) is 20.9 Å². The van der Waals surface area contributed by atoms with Crippen molar-refractivity contribution < 1.29 is 32.3 Å². The quantitative estimate of drug-likeness (QED) is 0.510. The zero-order chi connectivity index (χ0) is 25.6. The Kier molecular flexibility index (Phi) is 6.88. The van der Waals surface area contributed by atoms with Gasteiger partial charge in [0.25, 0.3) is 0 Å². The van der Waals surface area contributed by atoms with Gasteiger partial charge < -0.3 is 20.9 Å². The Morgan fingerprint density at radius 1 is 1.24 bits per heavy atom. The van der Waals surface area contributed by atoms with Crippen LogP contribution in [0.5, 0.6) is 0 Å². The molecule has 12 heteroatoms. The van der Waals surface area contributed by atoms with Gasteiger partial charge in [0.2, 0.25) is 17.7 Å². The fourth-order valence-electron chi connectivity index (χ4n) is 5.06. The number of nitrogens with zero attached hydrogens (tertiary/aromatic N) is 2. The predicted octanol–water partition coefficient (Wildman–Crippen LogP) is 0.707. The zero-order valence-electron chi connectivity index (χ0n) is 19.5. The SMILES string of the molecule is CC1C2CN(C(=O)[C@@H](NC(=O)C(F)(F)F)C(C)(C)C)[C@H](C(=O)N[C@H](C#N)C[C@@H]3CCNC3=O)C12. The molecular formula is C22H30F3N5O4. The standard InChI is InChI=1S/C22H30F3N5O4/c1-10-13-9-30(19(33)16(21(2,3)4)29-20(34)22(23,24)25)15(14(10)13)18(32)28-12(8-26)7-11-5-6-27-17(11)31/h10-16H,5-7,9H2,1-4H3,(H,27,31)(H,28,32)(H,29,34)/t10?,11-,12-,13?,14?,15-,16+/m0/s1. The van der Waals surface area contributed by atoms with E-state index in [4.69, 9.17) is 0 Å². The number of piperidine rings is 1. The summed E-state index contributed by atoms with van der Waals surface area (Å²) < 4.78 is 38.6. The number of likely N-dealkylation sites (tertiary alicyclic amines) is 1. The molecule has 3 N–H and O–H groups in total. The molecule has 188 valence electrons. The minimum absolute atomic E-state index is 0.0137. The molecule has 2 aliphatic heterocycles. The van der Waals surface area contributed by atoms with E-state index in [0.717, 1.165) is 0 Å². The number of nitrogens with one attached hydrogen (secondary N) is 3. The second-order valence-electron chi connectivity index (χ2n) is 10.5. The molecule has 0 aromatic rings. The highest BCUT2D eigenvalue weighted by Gasteiger charge is 2.63. The lowest BCUT2D eigenvalue weighted by Gasteiger charge is -2.37. The van der Waals surface area contributed by atoms with Crippen molar-refractivity contribution in [2.24, 2.45) is 29.1 Å². The van der Waals surface area contributed by atoms with Crippen molar-refractivity contribution in [2.45, 2.75) is 64.8 Å². The number of hydrogen-bond acceptors (Lipinski definition) is 5. The van der Waals surface area contributed by atoms with Crippen molar-refractivity contribution in [2.75, 3.05) is 13.1 Å². The van der Waals surface area contributed by atoms with Crippen LogP contribution < -0.4 is 16.0 Å². The van der Waals surface area contributed by atoms with Crippen LogP contribution in [-0.4, -0.2) is 65.9 Å². The first kappa shape index (κ1) is 25.8. The Bertz CT molecular complexity index is 910. The number of alkyl halides is 3. The first-order valence-corrected chi connectivity index (χ1v) is 11.3. The van der Waals surface area contributed by atoms with Crippen molar-refractivity contribution in [3.05, 3.63) is 0 Å². The molecule has 3 aliphatic rings. The first-order valence-electron chi connectivity index (χ1n) is 11.3. The van der Waals surface area contributed by atoms with Crippen LogP contribution in [0.25, 0.3) is 0 Å². The van der Waals surface area contributed by atoms with Gasteiger partial charge in [0, 0.05) is 19.0 Å². The number of halogens is 3. The van der Waals surface area contributed by atoms with Crippen LogP contribution >= 0.6 is 0 Å². The summed E-state index contributed by atoms with van der Waals surface area (Å²) >= 11 is 0. The van der Waals surface area contributed by atoms with Gasteiger partial charge in [-0.05, 0) is 36.0 Å². The van der Waals surface area contributed by atoms with Gasteiger partial charge >= 0.3 is 12.1 Å². The van der Waals surface area contributed by atoms with Gasteiger partial charge in [0.15, 0.2) is 0 Å². The van der Waals surface area contributed by atoms with Gasteiger partial charge in [-0.3, -0.25) is 19.2 Å². The van der Waals surface area contributed by atoms with E-state index in [0.29, 0.717) is 13.0 Å². The molecule has 1 aliphatic carbocycles. The van der Waals surface area contributed by atoms with Crippen LogP contribution in [0.4, 0.5) is 13.2 Å². The molecule has 3 fully saturated rings. The highest BCUT2D eigenvalue weighted by Crippen LogP contribution is 2.55. The average Bonchev–Trinajstić information content (AvgIpc) is 3.07. The fraction of sp³-hybridized carbons (Fsp3) is 0.773. The third-order valence-electron chi connectivity index (χ3n) is 7.10. The molecule has 4 amide bonds. The summed E-state index contributed by atoms with van der Waals surface area (Å²) in [7, 11) is 0. The van der Waals surface area contributed by atoms with Crippen LogP contribution in [0, 0.1) is 40.4 Å². The Morgan fingerprint density at radius 2 is 1.88 bits per heavy atom. The molecule has 0 radical (unpaired) electrons. The van der Waals surface area contributed by atoms with Crippen molar-refractivity contribution in [3.8, 4) is 6.07 Å². The van der Waals surface area contributed by atoms with E-state index in [1.807, 2.05) is 13.0 Å². The number of nitriles is 1. The minimum Gasteiger partial charge on any atom is -0.356 e. The van der Waals surface area contributed by atoms with E-state index in [1.165, 1.54) is 25.7 Å². The maximum absolute atomic E-state index is 13.4. The van der Waals surface area contributed by atoms with E-state index in [1.54, 1.807) is 5.32 Å². The van der Waals surface area contributed by atoms with Gasteiger partial charge in [0.05, 0.1) is 6.07 Å². The van der Waals surface area contributed by atoms with Crippen LogP contribution in [0.3, 0.4) is 0 Å². The lowest BCUT2D eigenvalue weighted by Crippen LogP contribution is -2.60. The summed E-state index contributed by atoms with van der Waals surface area (Å²) in [6, 6.07) is -1.44. The van der Waals surface area contributed by atoms with E-state index < -0.39 is 53.4 Å². The first-order chi connectivity index (χ1) is 15.7. The largest absolute Gasteiger partial charge is 0.471 e. The van der Waals surface area contributed by atoms with Gasteiger partial charge in [-0.15, -0.1) is 0 Å². The van der Waals surface area contributed by atoms with Crippen molar-refractivity contribution >= 4 is 23.6 Å². The van der Waals surface area contributed by atoms with Crippen LogP contribution in [0.15, 0.2) is 0 Å². The number of rotatable bonds is 6. The number of carbonyl (C=O) groups excluding carboxylic acids is 4. The summed E-state index contributed by atoms with van der Waals surface area (Å²) in [6.07, 6.45) is -4.48. The number of fused-ring (bicyclic) bond motifs is 1. The molecule has 2 saturated heterocycles. The molecule has 3 unspecified atom stereocenters. The summed E-state index contributed by atoms with van der Waals surface area (Å²) in [4.78, 5) is 51.2. The smallest absolute Gasteiger partial charge is 0.356 e. The fourth-order valence-corrected chi connectivity index (χ4v) is 5.06. The maximum atomic E-state index is 13.4. The molecule has 2 heterocycles. The van der Waals surface area contributed by atoms with Crippen molar-refractivity contribution in [3.63, 3.8) is 0 Å². The summed E-state index contributed by atoms with van der Waals surface area (Å²) in [5, 5.41) is 16.6. The second-order valence-corrected chi connectivity index (χ2v) is 10.5. The highest BCUT2D eigenvalue weighted by molar-refractivity contribution is 5.94. The van der Waals surface area contributed by atoms with Gasteiger partial charge in [-0.2, -0.15) is 18.4 Å². The third-order valence-corrected chi connectivity index (χ3v) is 7.10. The third kappa shape index (κ3) is 5.13. The van der Waals surface area contributed by atoms with E-state index in [2.05, 4.69) is 10.6 Å². The molecule has 0 spiro atoms. The summed E-state index contributed by atoms with van der Waals surface area (Å²) in [5.41, 5.74) is -1.05. The van der Waals surface area contributed by atoms with Crippen LogP contribution in [0.1, 0.15) is 40.5 Å². The van der Waals surface area contributed by atoms with E-state index >= 15 is 0 Å². The normalized spacial score (nSPS) is 30.0. The predicted molar refractivity (Wildman–Crippen MR) is 112 cm³/mol. The van der Waals surface area contributed by atoms with Crippen LogP contribution in [0.2, 0.25) is 0 Å². The molecule has 0 aromatic carbocycles. The molecule has 9 nitrogen and oxygen atoms in total. The Balaban J connectivity index is 1.77. The molecule has 7 atom stereocenters. The van der Waals surface area contributed by atoms with Crippen LogP contribution in [-0.2, 0) is 19.2 Å². The second kappa shape index (κ2) is 9.07. The molecule has 3 rings (SSSR count). The number of carbonyl (C=O) groups is 4. The number of amides is 4. The highest BCUT2D eigenvalue weighted by atomic mass is 19.4. The molecule has 0 bridgehead atoms. The van der Waals surface area contributed by atoms with E-state index in [9.17, 15) is 37.6 Å². The van der Waals surface area contributed by atoms with E-state index in [-0.39, 0.29) is 36.6 Å². The summed E-state index contributed by atoms with van der Waals surface area (Å²) in [6.45, 7) is 7.19. The molecule has 34 heavy (non-hydrogen) atoms. The zero-order valence-corrected chi connectivity index (χ0v) is 19.5. The molecule has 1 saturated carbocycles. The lowest BCUT2D eigenvalue weighted by atomic mass is 9.85. The minimum atomic E-state index is -5.16. The Morgan fingerprint density at radius 3 is 2.38 bits per heavy atom. The lowest BCUT2D eigenvalue weighted by molar-refractivity contribution is -0.176. The monoisotopic (exact) mass is 485 g/mol. The topological polar surface area (TPSA) is 131 Å². The number of hydrogen-bond donors (Lipinski definition) is 3. The van der Waals surface area contributed by atoms with Gasteiger partial charge in [0.1, 0.15) is 18.1 Å². The van der Waals surface area contributed by atoms with Gasteiger partial charge in [-0.1, -0.05) is 27.7 Å². The Hall–Kier alpha value is -2.84. The Labute approximate surface area is 195 Å². The summed E-state index contributed by atoms with van der Waals surface area (Å²) in [5.74, 6) is -4.19. The molecule has 0 aromatic heterocycles. The maximum Gasteiger partial charge on any atom is 0.471 e. The van der Waals surface area contributed by atoms with Gasteiger partial charge in [-0.25, -0.2) is 0 Å². The van der Waals surface area contributed by atoms with Crippen molar-refractivity contribution in [1.29, 1.82) is 5.26 Å². The molecular weight excluding hydrogens is 455 g/mol.